The average Bonchev–Trinajstić information content (AvgIpc) is 2.45. The normalized spacial score (nSPS) is 10.1. The number of nitrogens with one attached hydrogen (secondary N) is 1. The van der Waals surface area contributed by atoms with Gasteiger partial charge in [-0.25, -0.2) is 4.79 Å². The van der Waals surface area contributed by atoms with Crippen LogP contribution in [0.1, 0.15) is 15.9 Å². The van der Waals surface area contributed by atoms with E-state index in [0.29, 0.717) is 12.1 Å². The summed E-state index contributed by atoms with van der Waals surface area (Å²) in [6.07, 6.45) is 0. The highest BCUT2D eigenvalue weighted by atomic mass is 16.4. The lowest BCUT2D eigenvalue weighted by Crippen LogP contribution is -2.12. The van der Waals surface area contributed by atoms with Gasteiger partial charge in [0, 0.05) is 20.6 Å². The van der Waals surface area contributed by atoms with Crippen LogP contribution in [0.3, 0.4) is 0 Å². The number of carboxylic acid groups (broad SMARTS) is 1. The highest BCUT2D eigenvalue weighted by Crippen LogP contribution is 2.24. The summed E-state index contributed by atoms with van der Waals surface area (Å²) in [5.74, 6) is -0.902. The van der Waals surface area contributed by atoms with Gasteiger partial charge >= 0.3 is 5.97 Å². The van der Waals surface area contributed by atoms with Crippen molar-refractivity contribution in [3.63, 3.8) is 0 Å². The minimum absolute atomic E-state index is 0.310. The number of benzene rings is 2. The Morgan fingerprint density at radius 2 is 1.90 bits per heavy atom. The molecule has 0 saturated carbocycles. The highest BCUT2D eigenvalue weighted by Gasteiger charge is 2.05. The molecule has 20 heavy (non-hydrogen) atoms. The number of carbonyl (C=O) groups is 1. The summed E-state index contributed by atoms with van der Waals surface area (Å²) in [6.45, 7) is 0.589. The number of anilines is 2. The fraction of sp³-hybridized carbons (Fsp3) is 0.188. The molecule has 0 aliphatic carbocycles. The summed E-state index contributed by atoms with van der Waals surface area (Å²) in [4.78, 5) is 13.0. The Hall–Kier alpha value is -2.49. The van der Waals surface area contributed by atoms with Gasteiger partial charge in [-0.15, -0.1) is 0 Å². The first kappa shape index (κ1) is 13.9. The van der Waals surface area contributed by atoms with E-state index in [1.807, 2.05) is 49.3 Å². The molecule has 0 aromatic heterocycles. The second-order valence-corrected chi connectivity index (χ2v) is 4.77. The third-order valence-corrected chi connectivity index (χ3v) is 3.04. The molecule has 2 rings (SSSR count). The highest BCUT2D eigenvalue weighted by molar-refractivity contribution is 5.87. The summed E-state index contributed by atoms with van der Waals surface area (Å²) in [6, 6.07) is 15.0. The van der Waals surface area contributed by atoms with Crippen LogP contribution in [0.4, 0.5) is 11.4 Å². The van der Waals surface area contributed by atoms with Crippen molar-refractivity contribution in [3.05, 3.63) is 59.7 Å². The first-order valence-corrected chi connectivity index (χ1v) is 6.40. The topological polar surface area (TPSA) is 52.6 Å². The predicted molar refractivity (Wildman–Crippen MR) is 81.5 cm³/mol. The fourth-order valence-corrected chi connectivity index (χ4v) is 2.02. The van der Waals surface area contributed by atoms with Crippen LogP contribution < -0.4 is 10.2 Å². The van der Waals surface area contributed by atoms with Crippen LogP contribution >= 0.6 is 0 Å². The zero-order valence-electron chi connectivity index (χ0n) is 11.6. The SMILES string of the molecule is CN(C)c1ccccc1NCc1cccc(C(=O)O)c1. The Morgan fingerprint density at radius 1 is 1.15 bits per heavy atom. The Kier molecular flexibility index (Phi) is 4.25. The number of hydrogen-bond acceptors (Lipinski definition) is 3. The van der Waals surface area contributed by atoms with E-state index in [4.69, 9.17) is 5.11 Å². The van der Waals surface area contributed by atoms with Crippen molar-refractivity contribution >= 4 is 17.3 Å². The first-order chi connectivity index (χ1) is 9.58. The van der Waals surface area contributed by atoms with Crippen molar-refractivity contribution in [2.45, 2.75) is 6.54 Å². The maximum Gasteiger partial charge on any atom is 0.335 e. The zero-order valence-corrected chi connectivity index (χ0v) is 11.6. The number of hydrogen-bond donors (Lipinski definition) is 2. The largest absolute Gasteiger partial charge is 0.478 e. The molecule has 0 heterocycles. The van der Waals surface area contributed by atoms with Gasteiger partial charge in [0.25, 0.3) is 0 Å². The van der Waals surface area contributed by atoms with Gasteiger partial charge in [0.15, 0.2) is 0 Å². The van der Waals surface area contributed by atoms with E-state index < -0.39 is 5.97 Å². The van der Waals surface area contributed by atoms with Gasteiger partial charge in [0.05, 0.1) is 16.9 Å². The van der Waals surface area contributed by atoms with Crippen molar-refractivity contribution in [1.82, 2.24) is 0 Å². The van der Waals surface area contributed by atoms with Gasteiger partial charge in [-0.3, -0.25) is 0 Å². The van der Waals surface area contributed by atoms with Crippen molar-refractivity contribution in [1.29, 1.82) is 0 Å². The van der Waals surface area contributed by atoms with Crippen molar-refractivity contribution in [2.75, 3.05) is 24.3 Å². The molecule has 0 aliphatic heterocycles. The van der Waals surface area contributed by atoms with Crippen LogP contribution in [0.15, 0.2) is 48.5 Å². The Labute approximate surface area is 118 Å². The second-order valence-electron chi connectivity index (χ2n) is 4.77. The van der Waals surface area contributed by atoms with Crippen LogP contribution in [0.25, 0.3) is 0 Å². The molecule has 2 N–H and O–H groups in total. The number of aromatic carboxylic acids is 1. The fourth-order valence-electron chi connectivity index (χ4n) is 2.02. The van der Waals surface area contributed by atoms with E-state index in [2.05, 4.69) is 5.32 Å². The van der Waals surface area contributed by atoms with Crippen LogP contribution in [-0.4, -0.2) is 25.2 Å². The van der Waals surface area contributed by atoms with E-state index in [1.165, 1.54) is 0 Å². The predicted octanol–water partition coefficient (Wildman–Crippen LogP) is 3.06. The smallest absolute Gasteiger partial charge is 0.335 e. The molecule has 104 valence electrons. The summed E-state index contributed by atoms with van der Waals surface area (Å²) < 4.78 is 0. The summed E-state index contributed by atoms with van der Waals surface area (Å²) >= 11 is 0. The summed E-state index contributed by atoms with van der Waals surface area (Å²) in [7, 11) is 3.98. The minimum atomic E-state index is -0.902. The Bertz CT molecular complexity index is 609. The number of carboxylic acids is 1. The maximum absolute atomic E-state index is 10.9. The van der Waals surface area contributed by atoms with Gasteiger partial charge in [-0.2, -0.15) is 0 Å². The molecule has 0 fully saturated rings. The molecular formula is C16H18N2O2. The van der Waals surface area contributed by atoms with Crippen molar-refractivity contribution in [3.8, 4) is 0 Å². The van der Waals surface area contributed by atoms with E-state index in [0.717, 1.165) is 16.9 Å². The zero-order chi connectivity index (χ0) is 14.5. The summed E-state index contributed by atoms with van der Waals surface area (Å²) in [5, 5.41) is 12.3. The van der Waals surface area contributed by atoms with Crippen molar-refractivity contribution < 1.29 is 9.90 Å². The first-order valence-electron chi connectivity index (χ1n) is 6.40. The minimum Gasteiger partial charge on any atom is -0.478 e. The van der Waals surface area contributed by atoms with Crippen molar-refractivity contribution in [2.24, 2.45) is 0 Å². The molecule has 4 heteroatoms. The van der Waals surface area contributed by atoms with Gasteiger partial charge in [-0.05, 0) is 29.8 Å². The van der Waals surface area contributed by atoms with Crippen LogP contribution in [0.5, 0.6) is 0 Å². The Morgan fingerprint density at radius 3 is 2.60 bits per heavy atom. The van der Waals surface area contributed by atoms with Crippen LogP contribution in [0.2, 0.25) is 0 Å². The van der Waals surface area contributed by atoms with Gasteiger partial charge in [0.2, 0.25) is 0 Å². The molecule has 0 atom stereocenters. The van der Waals surface area contributed by atoms with Crippen LogP contribution in [-0.2, 0) is 6.54 Å². The van der Waals surface area contributed by atoms with E-state index >= 15 is 0 Å². The lowest BCUT2D eigenvalue weighted by molar-refractivity contribution is 0.0697. The summed E-state index contributed by atoms with van der Waals surface area (Å²) in [5.41, 5.74) is 3.38. The average molecular weight is 270 g/mol. The molecular weight excluding hydrogens is 252 g/mol. The second kappa shape index (κ2) is 6.10. The molecule has 2 aromatic rings. The molecule has 2 aromatic carbocycles. The number of nitrogens with zero attached hydrogens (tertiary/aromatic N) is 1. The molecule has 0 saturated heterocycles. The standard InChI is InChI=1S/C16H18N2O2/c1-18(2)15-9-4-3-8-14(15)17-11-12-6-5-7-13(10-12)16(19)20/h3-10,17H,11H2,1-2H3,(H,19,20). The molecule has 0 amide bonds. The van der Waals surface area contributed by atoms with Gasteiger partial charge < -0.3 is 15.3 Å². The van der Waals surface area contributed by atoms with Crippen LogP contribution in [0, 0.1) is 0 Å². The quantitative estimate of drug-likeness (QED) is 0.876. The molecule has 0 bridgehead atoms. The lowest BCUT2D eigenvalue weighted by Gasteiger charge is -2.18. The van der Waals surface area contributed by atoms with E-state index in [9.17, 15) is 4.79 Å². The Balaban J connectivity index is 2.13. The third-order valence-electron chi connectivity index (χ3n) is 3.04. The van der Waals surface area contributed by atoms with Gasteiger partial charge in [0.1, 0.15) is 0 Å². The molecule has 0 unspecified atom stereocenters. The molecule has 0 radical (unpaired) electrons. The molecule has 0 spiro atoms. The number of para-hydroxylation sites is 2. The molecule has 0 aliphatic rings. The monoisotopic (exact) mass is 270 g/mol. The van der Waals surface area contributed by atoms with Gasteiger partial charge in [-0.1, -0.05) is 24.3 Å². The lowest BCUT2D eigenvalue weighted by atomic mass is 10.1. The molecule has 4 nitrogen and oxygen atoms in total. The number of rotatable bonds is 5. The maximum atomic E-state index is 10.9. The van der Waals surface area contributed by atoms with E-state index in [-0.39, 0.29) is 0 Å². The van der Waals surface area contributed by atoms with E-state index in [1.54, 1.807) is 18.2 Å². The third kappa shape index (κ3) is 3.29.